The first-order chi connectivity index (χ1) is 8.15. The second kappa shape index (κ2) is 7.41. The van der Waals surface area contributed by atoms with Crippen LogP contribution in [0.3, 0.4) is 0 Å². The fraction of sp³-hybridized carbons (Fsp3) is 0.571. The number of ether oxygens (including phenoxy) is 1. The van der Waals surface area contributed by atoms with Crippen LogP contribution in [0.4, 0.5) is 4.39 Å². The SMILES string of the molecule is CCCCOCCC(N)c1ccc(C)c(F)c1. The Bertz CT molecular complexity index is 341. The summed E-state index contributed by atoms with van der Waals surface area (Å²) in [6.45, 7) is 5.30. The molecule has 1 unspecified atom stereocenters. The number of benzene rings is 1. The van der Waals surface area contributed by atoms with Crippen LogP contribution in [-0.4, -0.2) is 13.2 Å². The van der Waals surface area contributed by atoms with Crippen LogP contribution in [0.5, 0.6) is 0 Å². The third-order valence-electron chi connectivity index (χ3n) is 2.84. The van der Waals surface area contributed by atoms with Crippen LogP contribution < -0.4 is 5.73 Å². The second-order valence-corrected chi connectivity index (χ2v) is 4.37. The molecule has 0 bridgehead atoms. The van der Waals surface area contributed by atoms with E-state index < -0.39 is 0 Å². The van der Waals surface area contributed by atoms with E-state index in [2.05, 4.69) is 6.92 Å². The Labute approximate surface area is 103 Å². The predicted molar refractivity (Wildman–Crippen MR) is 68.4 cm³/mol. The van der Waals surface area contributed by atoms with Crippen molar-refractivity contribution in [3.8, 4) is 0 Å². The number of rotatable bonds is 7. The van der Waals surface area contributed by atoms with Crippen LogP contribution in [0, 0.1) is 12.7 Å². The lowest BCUT2D eigenvalue weighted by molar-refractivity contribution is 0.124. The van der Waals surface area contributed by atoms with Crippen LogP contribution in [0.1, 0.15) is 43.4 Å². The molecule has 0 aliphatic carbocycles. The molecule has 0 spiro atoms. The third-order valence-corrected chi connectivity index (χ3v) is 2.84. The molecule has 3 heteroatoms. The van der Waals surface area contributed by atoms with Gasteiger partial charge in [-0.2, -0.15) is 0 Å². The monoisotopic (exact) mass is 239 g/mol. The van der Waals surface area contributed by atoms with Crippen molar-refractivity contribution >= 4 is 0 Å². The second-order valence-electron chi connectivity index (χ2n) is 4.37. The standard InChI is InChI=1S/C14H22FNO/c1-3-4-8-17-9-7-14(16)12-6-5-11(2)13(15)10-12/h5-6,10,14H,3-4,7-9,16H2,1-2H3. The summed E-state index contributed by atoms with van der Waals surface area (Å²) in [5.74, 6) is -0.190. The van der Waals surface area contributed by atoms with Crippen molar-refractivity contribution in [2.45, 2.75) is 39.2 Å². The molecule has 1 rings (SSSR count). The van der Waals surface area contributed by atoms with Crippen LogP contribution in [-0.2, 0) is 4.74 Å². The molecule has 2 N–H and O–H groups in total. The van der Waals surface area contributed by atoms with Gasteiger partial charge >= 0.3 is 0 Å². The van der Waals surface area contributed by atoms with Gasteiger partial charge in [-0.25, -0.2) is 4.39 Å². The molecule has 1 aromatic rings. The number of aryl methyl sites for hydroxylation is 1. The Kier molecular flexibility index (Phi) is 6.16. The molecule has 0 heterocycles. The van der Waals surface area contributed by atoms with Crippen molar-refractivity contribution in [3.05, 3.63) is 35.1 Å². The van der Waals surface area contributed by atoms with Crippen molar-refractivity contribution in [2.75, 3.05) is 13.2 Å². The summed E-state index contributed by atoms with van der Waals surface area (Å²) in [7, 11) is 0. The smallest absolute Gasteiger partial charge is 0.126 e. The highest BCUT2D eigenvalue weighted by Crippen LogP contribution is 2.17. The highest BCUT2D eigenvalue weighted by Gasteiger charge is 2.08. The highest BCUT2D eigenvalue weighted by atomic mass is 19.1. The van der Waals surface area contributed by atoms with Crippen LogP contribution >= 0.6 is 0 Å². The quantitative estimate of drug-likeness (QED) is 0.741. The highest BCUT2D eigenvalue weighted by molar-refractivity contribution is 5.25. The molecule has 2 nitrogen and oxygen atoms in total. The molecule has 0 amide bonds. The van der Waals surface area contributed by atoms with Crippen molar-refractivity contribution in [1.82, 2.24) is 0 Å². The molecule has 96 valence electrons. The minimum atomic E-state index is -0.190. The number of unbranched alkanes of at least 4 members (excludes halogenated alkanes) is 1. The van der Waals surface area contributed by atoms with Gasteiger partial charge in [0, 0.05) is 19.3 Å². The molecule has 0 saturated carbocycles. The van der Waals surface area contributed by atoms with Gasteiger partial charge in [-0.05, 0) is 37.0 Å². The summed E-state index contributed by atoms with van der Waals surface area (Å²) < 4.78 is 18.8. The first-order valence-corrected chi connectivity index (χ1v) is 6.24. The molecule has 0 radical (unpaired) electrons. The number of hydrogen-bond acceptors (Lipinski definition) is 2. The van der Waals surface area contributed by atoms with Crippen molar-refractivity contribution in [2.24, 2.45) is 5.73 Å². The lowest BCUT2D eigenvalue weighted by Gasteiger charge is -2.13. The Morgan fingerprint density at radius 2 is 2.12 bits per heavy atom. The molecule has 0 saturated heterocycles. The van der Waals surface area contributed by atoms with Crippen LogP contribution in [0.25, 0.3) is 0 Å². The van der Waals surface area contributed by atoms with Crippen LogP contribution in [0.15, 0.2) is 18.2 Å². The maximum Gasteiger partial charge on any atom is 0.126 e. The molecule has 0 fully saturated rings. The lowest BCUT2D eigenvalue weighted by atomic mass is 10.0. The molecule has 1 atom stereocenters. The van der Waals surface area contributed by atoms with E-state index >= 15 is 0 Å². The third kappa shape index (κ3) is 4.84. The zero-order chi connectivity index (χ0) is 12.7. The lowest BCUT2D eigenvalue weighted by Crippen LogP contribution is -2.13. The zero-order valence-electron chi connectivity index (χ0n) is 10.7. The maximum atomic E-state index is 13.3. The fourth-order valence-electron chi connectivity index (χ4n) is 1.57. The molecule has 1 aromatic carbocycles. The molecular formula is C14H22FNO. The normalized spacial score (nSPS) is 12.7. The summed E-state index contributed by atoms with van der Waals surface area (Å²) in [4.78, 5) is 0. The Morgan fingerprint density at radius 3 is 2.76 bits per heavy atom. The number of nitrogens with two attached hydrogens (primary N) is 1. The van der Waals surface area contributed by atoms with Crippen molar-refractivity contribution in [3.63, 3.8) is 0 Å². The first-order valence-electron chi connectivity index (χ1n) is 6.24. The van der Waals surface area contributed by atoms with E-state index in [1.807, 2.05) is 6.07 Å². The minimum absolute atomic E-state index is 0.147. The largest absolute Gasteiger partial charge is 0.381 e. The maximum absolute atomic E-state index is 13.3. The Balaban J connectivity index is 2.36. The molecule has 0 aromatic heterocycles. The van der Waals surface area contributed by atoms with Gasteiger partial charge in [-0.1, -0.05) is 25.5 Å². The predicted octanol–water partition coefficient (Wildman–Crippen LogP) is 3.34. The fourth-order valence-corrected chi connectivity index (χ4v) is 1.57. The van der Waals surface area contributed by atoms with E-state index in [9.17, 15) is 4.39 Å². The number of halogens is 1. The zero-order valence-corrected chi connectivity index (χ0v) is 10.7. The van der Waals surface area contributed by atoms with E-state index in [0.717, 1.165) is 31.4 Å². The van der Waals surface area contributed by atoms with E-state index in [1.54, 1.807) is 13.0 Å². The van der Waals surface area contributed by atoms with Gasteiger partial charge in [0.25, 0.3) is 0 Å². The first kappa shape index (κ1) is 14.1. The van der Waals surface area contributed by atoms with Crippen molar-refractivity contribution in [1.29, 1.82) is 0 Å². The van der Waals surface area contributed by atoms with Gasteiger partial charge in [-0.3, -0.25) is 0 Å². The molecular weight excluding hydrogens is 217 g/mol. The average Bonchev–Trinajstić information content (AvgIpc) is 2.32. The Morgan fingerprint density at radius 1 is 1.35 bits per heavy atom. The topological polar surface area (TPSA) is 35.2 Å². The molecule has 0 aliphatic heterocycles. The van der Waals surface area contributed by atoms with E-state index in [-0.39, 0.29) is 11.9 Å². The summed E-state index contributed by atoms with van der Waals surface area (Å²) >= 11 is 0. The van der Waals surface area contributed by atoms with Gasteiger partial charge in [0.2, 0.25) is 0 Å². The van der Waals surface area contributed by atoms with Gasteiger partial charge in [0.1, 0.15) is 5.82 Å². The molecule has 0 aliphatic rings. The average molecular weight is 239 g/mol. The van der Waals surface area contributed by atoms with Crippen LogP contribution in [0.2, 0.25) is 0 Å². The minimum Gasteiger partial charge on any atom is -0.381 e. The summed E-state index contributed by atoms with van der Waals surface area (Å²) in [6.07, 6.45) is 2.94. The van der Waals surface area contributed by atoms with E-state index in [1.165, 1.54) is 6.07 Å². The Hall–Kier alpha value is -0.930. The van der Waals surface area contributed by atoms with Crippen molar-refractivity contribution < 1.29 is 9.13 Å². The van der Waals surface area contributed by atoms with Gasteiger partial charge < -0.3 is 10.5 Å². The van der Waals surface area contributed by atoms with Gasteiger partial charge in [-0.15, -0.1) is 0 Å². The summed E-state index contributed by atoms with van der Waals surface area (Å²) in [5, 5.41) is 0. The van der Waals surface area contributed by atoms with E-state index in [4.69, 9.17) is 10.5 Å². The van der Waals surface area contributed by atoms with Gasteiger partial charge in [0.05, 0.1) is 0 Å². The summed E-state index contributed by atoms with van der Waals surface area (Å²) in [5.41, 5.74) is 7.47. The van der Waals surface area contributed by atoms with E-state index in [0.29, 0.717) is 12.2 Å². The summed E-state index contributed by atoms with van der Waals surface area (Å²) in [6, 6.07) is 5.02. The number of hydrogen-bond donors (Lipinski definition) is 1. The van der Waals surface area contributed by atoms with Gasteiger partial charge in [0.15, 0.2) is 0 Å². The molecule has 17 heavy (non-hydrogen) atoms.